The van der Waals surface area contributed by atoms with Gasteiger partial charge in [0.1, 0.15) is 0 Å². The standard InChI is InChI=1S/C13H23N3O2/c1-2-3-10(14)13(18)16-7-6-11-9(8-16)4-5-12(17)15-11/h9-11H,2-8,14H2,1H3,(H,15,17). The molecule has 18 heavy (non-hydrogen) atoms. The van der Waals surface area contributed by atoms with Crippen LogP contribution in [-0.4, -0.2) is 41.9 Å². The first-order chi connectivity index (χ1) is 8.61. The van der Waals surface area contributed by atoms with Crippen LogP contribution in [0.3, 0.4) is 0 Å². The minimum Gasteiger partial charge on any atom is -0.353 e. The van der Waals surface area contributed by atoms with Crippen molar-refractivity contribution < 1.29 is 9.59 Å². The van der Waals surface area contributed by atoms with Crippen LogP contribution in [0.4, 0.5) is 0 Å². The van der Waals surface area contributed by atoms with E-state index < -0.39 is 0 Å². The van der Waals surface area contributed by atoms with Crippen molar-refractivity contribution in [2.24, 2.45) is 11.7 Å². The number of nitrogens with one attached hydrogen (secondary N) is 1. The van der Waals surface area contributed by atoms with E-state index >= 15 is 0 Å². The molecule has 0 saturated carbocycles. The first-order valence-corrected chi connectivity index (χ1v) is 6.95. The molecular weight excluding hydrogens is 230 g/mol. The fourth-order valence-electron chi connectivity index (χ4n) is 2.98. The largest absolute Gasteiger partial charge is 0.353 e. The van der Waals surface area contributed by atoms with E-state index in [1.165, 1.54) is 0 Å². The summed E-state index contributed by atoms with van der Waals surface area (Å²) in [6.45, 7) is 3.51. The van der Waals surface area contributed by atoms with Gasteiger partial charge in [-0.2, -0.15) is 0 Å². The molecule has 3 N–H and O–H groups in total. The van der Waals surface area contributed by atoms with Gasteiger partial charge in [-0.15, -0.1) is 0 Å². The number of fused-ring (bicyclic) bond motifs is 1. The first-order valence-electron chi connectivity index (χ1n) is 6.95. The van der Waals surface area contributed by atoms with Gasteiger partial charge in [0.15, 0.2) is 0 Å². The second-order valence-electron chi connectivity index (χ2n) is 5.44. The summed E-state index contributed by atoms with van der Waals surface area (Å²) >= 11 is 0. The Morgan fingerprint density at radius 1 is 1.56 bits per heavy atom. The van der Waals surface area contributed by atoms with Crippen molar-refractivity contribution in [1.82, 2.24) is 10.2 Å². The number of hydrogen-bond acceptors (Lipinski definition) is 3. The van der Waals surface area contributed by atoms with E-state index in [0.717, 1.165) is 38.8 Å². The Bertz CT molecular complexity index is 332. The summed E-state index contributed by atoms with van der Waals surface area (Å²) in [5.74, 6) is 0.639. The number of rotatable bonds is 3. The highest BCUT2D eigenvalue weighted by molar-refractivity contribution is 5.82. The molecule has 2 heterocycles. The van der Waals surface area contributed by atoms with Crippen molar-refractivity contribution >= 4 is 11.8 Å². The zero-order valence-electron chi connectivity index (χ0n) is 11.0. The maximum atomic E-state index is 12.1. The van der Waals surface area contributed by atoms with Crippen molar-refractivity contribution in [3.8, 4) is 0 Å². The Labute approximate surface area is 108 Å². The zero-order chi connectivity index (χ0) is 13.1. The first kappa shape index (κ1) is 13.3. The summed E-state index contributed by atoms with van der Waals surface area (Å²) in [5, 5.41) is 3.02. The lowest BCUT2D eigenvalue weighted by molar-refractivity contribution is -0.136. The van der Waals surface area contributed by atoms with Crippen LogP contribution < -0.4 is 11.1 Å². The van der Waals surface area contributed by atoms with Gasteiger partial charge in [-0.1, -0.05) is 13.3 Å². The quantitative estimate of drug-likeness (QED) is 0.756. The Morgan fingerprint density at radius 2 is 2.33 bits per heavy atom. The lowest BCUT2D eigenvalue weighted by atomic mass is 9.85. The molecule has 0 aromatic carbocycles. The molecule has 3 unspecified atom stereocenters. The fourth-order valence-corrected chi connectivity index (χ4v) is 2.98. The van der Waals surface area contributed by atoms with Gasteiger partial charge >= 0.3 is 0 Å². The molecule has 2 fully saturated rings. The van der Waals surface area contributed by atoms with E-state index in [0.29, 0.717) is 12.3 Å². The Kier molecular flexibility index (Phi) is 4.22. The summed E-state index contributed by atoms with van der Waals surface area (Å²) in [5.41, 5.74) is 5.89. The monoisotopic (exact) mass is 253 g/mol. The molecule has 0 aromatic heterocycles. The van der Waals surface area contributed by atoms with Gasteiger partial charge in [0.05, 0.1) is 6.04 Å². The molecule has 0 spiro atoms. The van der Waals surface area contributed by atoms with Crippen LogP contribution in [0.2, 0.25) is 0 Å². The van der Waals surface area contributed by atoms with E-state index in [-0.39, 0.29) is 23.9 Å². The van der Waals surface area contributed by atoms with Gasteiger partial charge in [-0.25, -0.2) is 0 Å². The molecule has 0 bridgehead atoms. The third-order valence-electron chi connectivity index (χ3n) is 4.05. The van der Waals surface area contributed by atoms with Crippen molar-refractivity contribution in [3.63, 3.8) is 0 Å². The van der Waals surface area contributed by atoms with Crippen LogP contribution in [0.5, 0.6) is 0 Å². The molecule has 5 heteroatoms. The highest BCUT2D eigenvalue weighted by Crippen LogP contribution is 2.25. The van der Waals surface area contributed by atoms with Gasteiger partial charge in [0.25, 0.3) is 0 Å². The summed E-state index contributed by atoms with van der Waals surface area (Å²) < 4.78 is 0. The van der Waals surface area contributed by atoms with E-state index in [9.17, 15) is 9.59 Å². The lowest BCUT2D eigenvalue weighted by Crippen LogP contribution is -2.57. The second-order valence-corrected chi connectivity index (χ2v) is 5.44. The number of likely N-dealkylation sites (tertiary alicyclic amines) is 1. The maximum Gasteiger partial charge on any atom is 0.239 e. The molecule has 0 aromatic rings. The van der Waals surface area contributed by atoms with Gasteiger partial charge in [-0.05, 0) is 25.2 Å². The molecule has 0 radical (unpaired) electrons. The molecule has 2 aliphatic heterocycles. The van der Waals surface area contributed by atoms with Crippen molar-refractivity contribution in [1.29, 1.82) is 0 Å². The van der Waals surface area contributed by atoms with Crippen LogP contribution >= 0.6 is 0 Å². The predicted molar refractivity (Wildman–Crippen MR) is 68.7 cm³/mol. The topological polar surface area (TPSA) is 75.4 Å². The number of carbonyl (C=O) groups excluding carboxylic acids is 2. The predicted octanol–water partition coefficient (Wildman–Crippen LogP) is 0.241. The molecule has 0 aliphatic carbocycles. The maximum absolute atomic E-state index is 12.1. The molecule has 102 valence electrons. The normalized spacial score (nSPS) is 29.4. The van der Waals surface area contributed by atoms with Gasteiger partial charge in [0.2, 0.25) is 11.8 Å². The number of nitrogens with zero attached hydrogens (tertiary/aromatic N) is 1. The summed E-state index contributed by atoms with van der Waals surface area (Å²) in [6, 6.07) is -0.0950. The second kappa shape index (κ2) is 5.69. The summed E-state index contributed by atoms with van der Waals surface area (Å²) in [4.78, 5) is 25.3. The van der Waals surface area contributed by atoms with E-state index in [1.54, 1.807) is 0 Å². The highest BCUT2D eigenvalue weighted by Gasteiger charge is 2.36. The van der Waals surface area contributed by atoms with Crippen molar-refractivity contribution in [2.75, 3.05) is 13.1 Å². The van der Waals surface area contributed by atoms with Gasteiger partial charge in [0, 0.05) is 25.6 Å². The Morgan fingerprint density at radius 3 is 3.06 bits per heavy atom. The Balaban J connectivity index is 1.90. The minimum absolute atomic E-state index is 0.0761. The van der Waals surface area contributed by atoms with Crippen LogP contribution in [0.25, 0.3) is 0 Å². The number of hydrogen-bond donors (Lipinski definition) is 2. The number of nitrogens with two attached hydrogens (primary N) is 1. The molecule has 3 atom stereocenters. The van der Waals surface area contributed by atoms with Crippen LogP contribution in [0.1, 0.15) is 39.0 Å². The molecule has 2 amide bonds. The van der Waals surface area contributed by atoms with Crippen molar-refractivity contribution in [3.05, 3.63) is 0 Å². The van der Waals surface area contributed by atoms with E-state index in [2.05, 4.69) is 5.32 Å². The fraction of sp³-hybridized carbons (Fsp3) is 0.846. The minimum atomic E-state index is -0.357. The molecule has 5 nitrogen and oxygen atoms in total. The van der Waals surface area contributed by atoms with Crippen LogP contribution in [0, 0.1) is 5.92 Å². The third kappa shape index (κ3) is 2.83. The number of amides is 2. The van der Waals surface area contributed by atoms with Gasteiger partial charge < -0.3 is 16.0 Å². The third-order valence-corrected chi connectivity index (χ3v) is 4.05. The highest BCUT2D eigenvalue weighted by atomic mass is 16.2. The molecule has 2 rings (SSSR count). The number of carbonyl (C=O) groups is 2. The average molecular weight is 253 g/mol. The van der Waals surface area contributed by atoms with Crippen LogP contribution in [-0.2, 0) is 9.59 Å². The molecule has 2 saturated heterocycles. The molecular formula is C13H23N3O2. The summed E-state index contributed by atoms with van der Waals surface area (Å²) in [6.07, 6.45) is 4.03. The number of piperidine rings is 2. The lowest BCUT2D eigenvalue weighted by Gasteiger charge is -2.42. The summed E-state index contributed by atoms with van der Waals surface area (Å²) in [7, 11) is 0. The van der Waals surface area contributed by atoms with Crippen molar-refractivity contribution in [2.45, 2.75) is 51.1 Å². The zero-order valence-corrected chi connectivity index (χ0v) is 11.0. The molecule has 2 aliphatic rings. The SMILES string of the molecule is CCCC(N)C(=O)N1CCC2NC(=O)CCC2C1. The van der Waals surface area contributed by atoms with E-state index in [1.807, 2.05) is 11.8 Å². The van der Waals surface area contributed by atoms with Gasteiger partial charge in [-0.3, -0.25) is 9.59 Å². The smallest absolute Gasteiger partial charge is 0.239 e. The average Bonchev–Trinajstić information content (AvgIpc) is 2.37. The Hall–Kier alpha value is -1.10. The van der Waals surface area contributed by atoms with Crippen LogP contribution in [0.15, 0.2) is 0 Å². The van der Waals surface area contributed by atoms with E-state index in [4.69, 9.17) is 5.73 Å².